The van der Waals surface area contributed by atoms with Crippen LogP contribution in [0.1, 0.15) is 50.0 Å². The maximum Gasteiger partial charge on any atom is 0.159 e. The highest BCUT2D eigenvalue weighted by Gasteiger charge is 2.07. The molecule has 0 aliphatic rings. The molecule has 1 aromatic rings. The molecule has 0 aliphatic heterocycles. The fourth-order valence-electron chi connectivity index (χ4n) is 1.23. The van der Waals surface area contributed by atoms with Crippen molar-refractivity contribution >= 4 is 17.2 Å². The van der Waals surface area contributed by atoms with Crippen LogP contribution >= 0.6 is 0 Å². The summed E-state index contributed by atoms with van der Waals surface area (Å²) in [6, 6.07) is 5.05. The van der Waals surface area contributed by atoms with E-state index in [2.05, 4.69) is 0 Å². The molecule has 0 heterocycles. The molecule has 1 rings (SSSR count). The summed E-state index contributed by atoms with van der Waals surface area (Å²) in [5.41, 5.74) is 8.01. The van der Waals surface area contributed by atoms with Crippen LogP contribution in [-0.2, 0) is 0 Å². The minimum atomic E-state index is -0.00449. The smallest absolute Gasteiger partial charge is 0.159 e. The number of carbonyl (C=O) groups is 1. The quantitative estimate of drug-likeness (QED) is 0.466. The average Bonchev–Trinajstić information content (AvgIpc) is 2.31. The lowest BCUT2D eigenvalue weighted by molar-refractivity contribution is 0.101. The minimum absolute atomic E-state index is 0.00449. The van der Waals surface area contributed by atoms with Crippen molar-refractivity contribution in [3.8, 4) is 0 Å². The van der Waals surface area contributed by atoms with E-state index in [0.717, 1.165) is 0 Å². The maximum absolute atomic E-state index is 11.1. The first kappa shape index (κ1) is 14.4. The zero-order valence-corrected chi connectivity index (χ0v) is 10.4. The second kappa shape index (κ2) is 6.77. The number of Topliss-reactive ketones (excluding diaryl/α,β-unsaturated/α-hetero) is 1. The van der Waals surface area contributed by atoms with Gasteiger partial charge in [-0.1, -0.05) is 20.8 Å². The van der Waals surface area contributed by atoms with Crippen molar-refractivity contribution in [1.29, 1.82) is 5.41 Å². The Bertz CT molecular complexity index is 384. The molecule has 0 fully saturated rings. The number of carbonyl (C=O) groups excluding carboxylic acids is 1. The molecular formula is C13H20N2O. The van der Waals surface area contributed by atoms with Gasteiger partial charge in [0.15, 0.2) is 5.78 Å². The molecule has 0 radical (unpaired) electrons. The van der Waals surface area contributed by atoms with Gasteiger partial charge in [0.1, 0.15) is 0 Å². The maximum atomic E-state index is 11.1. The Morgan fingerprint density at radius 2 is 1.94 bits per heavy atom. The molecule has 0 bridgehead atoms. The van der Waals surface area contributed by atoms with Gasteiger partial charge in [-0.05, 0) is 31.5 Å². The van der Waals surface area contributed by atoms with Crippen molar-refractivity contribution in [3.05, 3.63) is 29.3 Å². The highest BCUT2D eigenvalue weighted by molar-refractivity contribution is 6.05. The van der Waals surface area contributed by atoms with Crippen LogP contribution in [0, 0.1) is 5.41 Å². The van der Waals surface area contributed by atoms with E-state index in [1.807, 2.05) is 20.8 Å². The van der Waals surface area contributed by atoms with Crippen molar-refractivity contribution in [2.45, 2.75) is 34.1 Å². The molecule has 0 amide bonds. The third kappa shape index (κ3) is 3.50. The van der Waals surface area contributed by atoms with Crippen LogP contribution in [0.2, 0.25) is 0 Å². The highest BCUT2D eigenvalue weighted by Crippen LogP contribution is 2.16. The Labute approximate surface area is 97.2 Å². The number of hydrogen-bond acceptors (Lipinski definition) is 3. The molecule has 3 nitrogen and oxygen atoms in total. The monoisotopic (exact) mass is 220 g/mol. The zero-order valence-electron chi connectivity index (χ0n) is 10.4. The Balaban J connectivity index is 0.00000106. The summed E-state index contributed by atoms with van der Waals surface area (Å²) >= 11 is 0. The SMILES string of the molecule is CC.CCC(=N)c1cc(C(C)=O)ccc1N. The van der Waals surface area contributed by atoms with Crippen molar-refractivity contribution in [1.82, 2.24) is 0 Å². The first-order valence-electron chi connectivity index (χ1n) is 5.54. The Hall–Kier alpha value is -1.64. The van der Waals surface area contributed by atoms with Gasteiger partial charge in [0.25, 0.3) is 0 Å². The number of nitrogen functional groups attached to an aromatic ring is 1. The second-order valence-corrected chi connectivity index (χ2v) is 3.19. The summed E-state index contributed by atoms with van der Waals surface area (Å²) < 4.78 is 0. The summed E-state index contributed by atoms with van der Waals surface area (Å²) in [5.74, 6) is -0.00449. The summed E-state index contributed by atoms with van der Waals surface area (Å²) in [6.07, 6.45) is 0.617. The lowest BCUT2D eigenvalue weighted by Crippen LogP contribution is -2.04. The average molecular weight is 220 g/mol. The van der Waals surface area contributed by atoms with Gasteiger partial charge in [-0.3, -0.25) is 4.79 Å². The summed E-state index contributed by atoms with van der Waals surface area (Å²) in [7, 11) is 0. The fraction of sp³-hybridized carbons (Fsp3) is 0.385. The fourth-order valence-corrected chi connectivity index (χ4v) is 1.23. The molecule has 3 N–H and O–H groups in total. The Kier molecular flexibility index (Phi) is 6.08. The predicted molar refractivity (Wildman–Crippen MR) is 69.3 cm³/mol. The molecule has 0 saturated carbocycles. The van der Waals surface area contributed by atoms with E-state index in [-0.39, 0.29) is 5.78 Å². The summed E-state index contributed by atoms with van der Waals surface area (Å²) in [5, 5.41) is 7.67. The van der Waals surface area contributed by atoms with Crippen LogP contribution in [-0.4, -0.2) is 11.5 Å². The largest absolute Gasteiger partial charge is 0.398 e. The van der Waals surface area contributed by atoms with Crippen molar-refractivity contribution in [3.63, 3.8) is 0 Å². The molecule has 0 atom stereocenters. The van der Waals surface area contributed by atoms with E-state index in [1.54, 1.807) is 18.2 Å². The van der Waals surface area contributed by atoms with Crippen LogP contribution in [0.15, 0.2) is 18.2 Å². The third-order valence-electron chi connectivity index (χ3n) is 2.14. The van der Waals surface area contributed by atoms with E-state index < -0.39 is 0 Å². The first-order valence-corrected chi connectivity index (χ1v) is 5.54. The Morgan fingerprint density at radius 1 is 1.38 bits per heavy atom. The number of anilines is 1. The van der Waals surface area contributed by atoms with Gasteiger partial charge in [-0.25, -0.2) is 0 Å². The minimum Gasteiger partial charge on any atom is -0.398 e. The molecule has 0 spiro atoms. The predicted octanol–water partition coefficient (Wildman–Crippen LogP) is 3.28. The van der Waals surface area contributed by atoms with Crippen LogP contribution in [0.5, 0.6) is 0 Å². The first-order chi connectivity index (χ1) is 7.56. The lowest BCUT2D eigenvalue weighted by Gasteiger charge is -2.06. The molecule has 88 valence electrons. The van der Waals surface area contributed by atoms with Crippen molar-refractivity contribution in [2.24, 2.45) is 0 Å². The number of nitrogens with two attached hydrogens (primary N) is 1. The normalized spacial score (nSPS) is 9.00. The van der Waals surface area contributed by atoms with Gasteiger partial charge in [0.05, 0.1) is 0 Å². The van der Waals surface area contributed by atoms with E-state index in [1.165, 1.54) is 6.92 Å². The van der Waals surface area contributed by atoms with E-state index in [9.17, 15) is 4.79 Å². The molecular weight excluding hydrogens is 200 g/mol. The molecule has 3 heteroatoms. The Morgan fingerprint density at radius 3 is 2.38 bits per heavy atom. The van der Waals surface area contributed by atoms with Gasteiger partial charge in [-0.2, -0.15) is 0 Å². The molecule has 1 aromatic carbocycles. The summed E-state index contributed by atoms with van der Waals surface area (Å²) in [4.78, 5) is 11.1. The van der Waals surface area contributed by atoms with Crippen LogP contribution in [0.3, 0.4) is 0 Å². The van der Waals surface area contributed by atoms with E-state index in [0.29, 0.717) is 28.9 Å². The van der Waals surface area contributed by atoms with E-state index in [4.69, 9.17) is 11.1 Å². The standard InChI is InChI=1S/C11H14N2O.C2H6/c1-3-10(12)9-6-8(7(2)14)4-5-11(9)13;1-2/h4-6,12H,3,13H2,1-2H3;1-2H3. The topological polar surface area (TPSA) is 66.9 Å². The highest BCUT2D eigenvalue weighted by atomic mass is 16.1. The number of nitrogens with one attached hydrogen (secondary N) is 1. The van der Waals surface area contributed by atoms with Gasteiger partial charge in [0.2, 0.25) is 0 Å². The van der Waals surface area contributed by atoms with Gasteiger partial charge >= 0.3 is 0 Å². The van der Waals surface area contributed by atoms with Crippen molar-refractivity contribution < 1.29 is 4.79 Å². The van der Waals surface area contributed by atoms with E-state index >= 15 is 0 Å². The molecule has 0 aliphatic carbocycles. The van der Waals surface area contributed by atoms with Gasteiger partial charge in [-0.15, -0.1) is 0 Å². The second-order valence-electron chi connectivity index (χ2n) is 3.19. The lowest BCUT2D eigenvalue weighted by atomic mass is 10.0. The number of benzene rings is 1. The molecule has 0 saturated heterocycles. The van der Waals surface area contributed by atoms with Crippen LogP contribution in [0.4, 0.5) is 5.69 Å². The zero-order chi connectivity index (χ0) is 12.7. The molecule has 0 aromatic heterocycles. The van der Waals surface area contributed by atoms with Crippen LogP contribution < -0.4 is 5.73 Å². The van der Waals surface area contributed by atoms with Gasteiger partial charge < -0.3 is 11.1 Å². The number of hydrogen-bond donors (Lipinski definition) is 2. The number of ketones is 1. The number of rotatable bonds is 3. The summed E-state index contributed by atoms with van der Waals surface area (Å²) in [6.45, 7) is 7.40. The third-order valence-corrected chi connectivity index (χ3v) is 2.14. The molecule has 16 heavy (non-hydrogen) atoms. The van der Waals surface area contributed by atoms with Gasteiger partial charge in [0, 0.05) is 22.5 Å². The molecule has 0 unspecified atom stereocenters. The van der Waals surface area contributed by atoms with Crippen molar-refractivity contribution in [2.75, 3.05) is 5.73 Å². The van der Waals surface area contributed by atoms with Crippen LogP contribution in [0.25, 0.3) is 0 Å².